The maximum absolute atomic E-state index is 13.0. The van der Waals surface area contributed by atoms with Crippen LogP contribution in [0.1, 0.15) is 72.1 Å². The standard InChI is InChI=1S/C30H48ClN3O6/c1-4-5-6-7-11-20-36-22-30-27(39-29(2,3)40-30)26(37-28(35)33-24-14-12-23(31)13-15-24)25(38-30)21-32-16-19-34-17-9-8-10-18-34/h12-15,25-27,32H,4-11,16-22H2,1-3H3,(H,33,35)/t25-,26+,27-,30-/m0/s1. The highest BCUT2D eigenvalue weighted by Gasteiger charge is 2.66. The summed E-state index contributed by atoms with van der Waals surface area (Å²) >= 11 is 5.99. The summed E-state index contributed by atoms with van der Waals surface area (Å²) in [7, 11) is 0. The Morgan fingerprint density at radius 1 is 1.07 bits per heavy atom. The number of nitrogens with zero attached hydrogens (tertiary/aromatic N) is 1. The van der Waals surface area contributed by atoms with Crippen LogP contribution >= 0.6 is 11.6 Å². The van der Waals surface area contributed by atoms with Crippen molar-refractivity contribution in [2.45, 2.75) is 102 Å². The number of nitrogens with one attached hydrogen (secondary N) is 2. The van der Waals surface area contributed by atoms with Crippen molar-refractivity contribution >= 4 is 23.4 Å². The van der Waals surface area contributed by atoms with Crippen LogP contribution in [0.3, 0.4) is 0 Å². The maximum Gasteiger partial charge on any atom is 0.412 e. The Balaban J connectivity index is 1.39. The summed E-state index contributed by atoms with van der Waals surface area (Å²) in [6.07, 6.45) is 7.24. The lowest BCUT2D eigenvalue weighted by molar-refractivity contribution is -0.277. The van der Waals surface area contributed by atoms with Gasteiger partial charge in [0.1, 0.15) is 12.7 Å². The van der Waals surface area contributed by atoms with Gasteiger partial charge in [0, 0.05) is 37.0 Å². The molecule has 0 unspecified atom stereocenters. The van der Waals surface area contributed by atoms with E-state index in [1.54, 1.807) is 24.3 Å². The third-order valence-electron chi connectivity index (χ3n) is 7.71. The molecule has 40 heavy (non-hydrogen) atoms. The number of carbonyl (C=O) groups excluding carboxylic acids is 1. The van der Waals surface area contributed by atoms with Crippen molar-refractivity contribution in [2.75, 3.05) is 51.3 Å². The highest BCUT2D eigenvalue weighted by atomic mass is 35.5. The molecule has 0 radical (unpaired) electrons. The molecular weight excluding hydrogens is 534 g/mol. The Bertz CT molecular complexity index is 913. The van der Waals surface area contributed by atoms with Crippen LogP contribution in [-0.2, 0) is 23.7 Å². The molecule has 1 amide bonds. The number of unbranched alkanes of at least 4 members (excludes halogenated alkanes) is 4. The van der Waals surface area contributed by atoms with Gasteiger partial charge < -0.3 is 33.9 Å². The molecule has 3 saturated heterocycles. The molecule has 1 aromatic rings. The first kappa shape index (κ1) is 31.5. The Morgan fingerprint density at radius 2 is 1.82 bits per heavy atom. The van der Waals surface area contributed by atoms with Crippen molar-refractivity contribution in [2.24, 2.45) is 0 Å². The number of amides is 1. The van der Waals surface area contributed by atoms with E-state index in [4.69, 9.17) is 35.3 Å². The van der Waals surface area contributed by atoms with E-state index in [-0.39, 0.29) is 6.61 Å². The molecule has 0 aliphatic carbocycles. The minimum atomic E-state index is -1.16. The van der Waals surface area contributed by atoms with Gasteiger partial charge in [0.05, 0.1) is 0 Å². The van der Waals surface area contributed by atoms with Gasteiger partial charge in [-0.2, -0.15) is 0 Å². The predicted octanol–water partition coefficient (Wildman–Crippen LogP) is 5.57. The number of hydrogen-bond donors (Lipinski definition) is 2. The van der Waals surface area contributed by atoms with Crippen LogP contribution in [0.2, 0.25) is 5.02 Å². The summed E-state index contributed by atoms with van der Waals surface area (Å²) in [4.78, 5) is 15.5. The summed E-state index contributed by atoms with van der Waals surface area (Å²) in [5.41, 5.74) is 0.589. The van der Waals surface area contributed by atoms with Crippen LogP contribution in [0, 0.1) is 0 Å². The Hall–Kier alpha value is -1.46. The Morgan fingerprint density at radius 3 is 2.58 bits per heavy atom. The third kappa shape index (κ3) is 9.02. The predicted molar refractivity (Wildman–Crippen MR) is 156 cm³/mol. The smallest absolute Gasteiger partial charge is 0.412 e. The van der Waals surface area contributed by atoms with E-state index in [1.807, 2.05) is 13.8 Å². The van der Waals surface area contributed by atoms with Gasteiger partial charge in [-0.15, -0.1) is 0 Å². The van der Waals surface area contributed by atoms with Crippen molar-refractivity contribution in [3.63, 3.8) is 0 Å². The van der Waals surface area contributed by atoms with Gasteiger partial charge in [0.2, 0.25) is 5.79 Å². The first-order valence-corrected chi connectivity index (χ1v) is 15.5. The van der Waals surface area contributed by atoms with Crippen LogP contribution in [0.5, 0.6) is 0 Å². The minimum Gasteiger partial charge on any atom is -0.440 e. The van der Waals surface area contributed by atoms with Gasteiger partial charge in [-0.3, -0.25) is 5.32 Å². The number of benzene rings is 1. The topological polar surface area (TPSA) is 90.5 Å². The molecule has 226 valence electrons. The fraction of sp³-hybridized carbons (Fsp3) is 0.767. The average molecular weight is 582 g/mol. The Kier molecular flexibility index (Phi) is 11.9. The van der Waals surface area contributed by atoms with E-state index in [1.165, 1.54) is 38.5 Å². The van der Waals surface area contributed by atoms with Crippen molar-refractivity contribution in [1.82, 2.24) is 10.2 Å². The van der Waals surface area contributed by atoms with E-state index in [0.717, 1.165) is 39.0 Å². The lowest BCUT2D eigenvalue weighted by Gasteiger charge is -2.29. The van der Waals surface area contributed by atoms with Crippen molar-refractivity contribution in [3.8, 4) is 0 Å². The molecule has 4 rings (SSSR count). The normalized spacial score (nSPS) is 27.9. The van der Waals surface area contributed by atoms with Gasteiger partial charge in [-0.1, -0.05) is 50.6 Å². The molecule has 2 N–H and O–H groups in total. The number of ether oxygens (including phenoxy) is 5. The third-order valence-corrected chi connectivity index (χ3v) is 7.96. The van der Waals surface area contributed by atoms with Gasteiger partial charge in [-0.25, -0.2) is 4.79 Å². The van der Waals surface area contributed by atoms with Gasteiger partial charge >= 0.3 is 6.09 Å². The lowest BCUT2D eigenvalue weighted by atomic mass is 10.1. The quantitative estimate of drug-likeness (QED) is 0.260. The monoisotopic (exact) mass is 581 g/mol. The fourth-order valence-corrected chi connectivity index (χ4v) is 5.88. The molecule has 0 aromatic heterocycles. The second-order valence-corrected chi connectivity index (χ2v) is 12.0. The molecule has 4 atom stereocenters. The minimum absolute atomic E-state index is 0.206. The maximum atomic E-state index is 13.0. The number of anilines is 1. The van der Waals surface area contributed by atoms with Crippen LogP contribution in [0.25, 0.3) is 0 Å². The zero-order valence-corrected chi connectivity index (χ0v) is 25.2. The second kappa shape index (κ2) is 15.1. The van der Waals surface area contributed by atoms with Crippen molar-refractivity contribution in [3.05, 3.63) is 29.3 Å². The number of carbonyl (C=O) groups is 1. The van der Waals surface area contributed by atoms with Crippen molar-refractivity contribution in [1.29, 1.82) is 0 Å². The first-order chi connectivity index (χ1) is 19.3. The largest absolute Gasteiger partial charge is 0.440 e. The van der Waals surface area contributed by atoms with E-state index >= 15 is 0 Å². The average Bonchev–Trinajstić information content (AvgIpc) is 3.34. The number of piperidine rings is 1. The SMILES string of the molecule is CCCCCCCOC[C@@]12O[C@@H](CNCCN3CCCCC3)[C@@H](OC(=O)Nc3ccc(Cl)cc3)[C@@H]1OC(C)(C)O2. The number of halogens is 1. The fourth-order valence-electron chi connectivity index (χ4n) is 5.75. The molecular formula is C30H48ClN3O6. The Labute approximate surface area is 244 Å². The molecule has 3 aliphatic heterocycles. The number of likely N-dealkylation sites (tertiary alicyclic amines) is 1. The first-order valence-electron chi connectivity index (χ1n) is 15.1. The number of fused-ring (bicyclic) bond motifs is 1. The zero-order valence-electron chi connectivity index (χ0n) is 24.4. The van der Waals surface area contributed by atoms with Crippen LogP contribution in [-0.4, -0.2) is 86.8 Å². The zero-order chi connectivity index (χ0) is 28.4. The molecule has 0 bridgehead atoms. The van der Waals surface area contributed by atoms with E-state index in [0.29, 0.717) is 23.9 Å². The van der Waals surface area contributed by atoms with E-state index in [2.05, 4.69) is 22.5 Å². The molecule has 1 aromatic carbocycles. The van der Waals surface area contributed by atoms with E-state index < -0.39 is 36.0 Å². The molecule has 10 heteroatoms. The number of hydrogen-bond acceptors (Lipinski definition) is 8. The van der Waals surface area contributed by atoms with Crippen LogP contribution < -0.4 is 10.6 Å². The summed E-state index contributed by atoms with van der Waals surface area (Å²) in [6.45, 7) is 11.3. The molecule has 0 spiro atoms. The summed E-state index contributed by atoms with van der Waals surface area (Å²) in [5.74, 6) is -2.06. The molecule has 3 heterocycles. The highest BCUT2D eigenvalue weighted by molar-refractivity contribution is 6.30. The van der Waals surface area contributed by atoms with Gasteiger partial charge in [0.25, 0.3) is 0 Å². The molecule has 3 fully saturated rings. The van der Waals surface area contributed by atoms with Gasteiger partial charge in [-0.05, 0) is 70.5 Å². The van der Waals surface area contributed by atoms with E-state index in [9.17, 15) is 4.79 Å². The molecule has 9 nitrogen and oxygen atoms in total. The second-order valence-electron chi connectivity index (χ2n) is 11.6. The lowest BCUT2D eigenvalue weighted by Crippen LogP contribution is -2.46. The summed E-state index contributed by atoms with van der Waals surface area (Å²) in [6, 6.07) is 6.88. The summed E-state index contributed by atoms with van der Waals surface area (Å²) < 4.78 is 31.3. The molecule has 0 saturated carbocycles. The molecule has 3 aliphatic rings. The number of rotatable bonds is 15. The summed E-state index contributed by atoms with van der Waals surface area (Å²) in [5, 5.41) is 6.89. The van der Waals surface area contributed by atoms with Crippen LogP contribution in [0.4, 0.5) is 10.5 Å². The van der Waals surface area contributed by atoms with Crippen LogP contribution in [0.15, 0.2) is 24.3 Å². The highest BCUT2D eigenvalue weighted by Crippen LogP contribution is 2.46. The van der Waals surface area contributed by atoms with Gasteiger partial charge in [0.15, 0.2) is 18.0 Å². The van der Waals surface area contributed by atoms with Crippen molar-refractivity contribution < 1.29 is 28.5 Å².